The van der Waals surface area contributed by atoms with Gasteiger partial charge in [-0.3, -0.25) is 0 Å². The van der Waals surface area contributed by atoms with Crippen molar-refractivity contribution in [3.05, 3.63) is 0 Å². The Morgan fingerprint density at radius 2 is 1.88 bits per heavy atom. The first-order chi connectivity index (χ1) is 8.28. The van der Waals surface area contributed by atoms with Gasteiger partial charge < -0.3 is 10.0 Å². The standard InChI is InChI=1S/C15H29NO/c1-2-14-6-5-10-16(11-7-14)12-15(13-17)8-3-4-9-15/h14,17H,2-13H2,1H3. The maximum atomic E-state index is 9.69. The topological polar surface area (TPSA) is 23.5 Å². The summed E-state index contributed by atoms with van der Waals surface area (Å²) < 4.78 is 0. The van der Waals surface area contributed by atoms with Crippen molar-refractivity contribution < 1.29 is 5.11 Å². The molecule has 0 bridgehead atoms. The minimum absolute atomic E-state index is 0.256. The second-order valence-corrected chi connectivity index (χ2v) is 6.35. The zero-order valence-electron chi connectivity index (χ0n) is 11.5. The molecule has 1 saturated carbocycles. The summed E-state index contributed by atoms with van der Waals surface area (Å²) in [6, 6.07) is 0. The zero-order chi connectivity index (χ0) is 12.1. The average molecular weight is 239 g/mol. The molecule has 2 rings (SSSR count). The molecule has 2 aliphatic rings. The van der Waals surface area contributed by atoms with Gasteiger partial charge >= 0.3 is 0 Å². The van der Waals surface area contributed by atoms with Crippen molar-refractivity contribution in [2.24, 2.45) is 11.3 Å². The van der Waals surface area contributed by atoms with Gasteiger partial charge in [-0.05, 0) is 51.1 Å². The Kier molecular flexibility index (Phi) is 4.87. The van der Waals surface area contributed by atoms with Gasteiger partial charge in [-0.1, -0.05) is 26.2 Å². The fraction of sp³-hybridized carbons (Fsp3) is 1.00. The van der Waals surface area contributed by atoms with Crippen LogP contribution < -0.4 is 0 Å². The van der Waals surface area contributed by atoms with Gasteiger partial charge in [0.15, 0.2) is 0 Å². The van der Waals surface area contributed by atoms with Crippen LogP contribution in [0.2, 0.25) is 0 Å². The summed E-state index contributed by atoms with van der Waals surface area (Å²) in [5.74, 6) is 0.952. The lowest BCUT2D eigenvalue weighted by molar-refractivity contribution is 0.0792. The van der Waals surface area contributed by atoms with Gasteiger partial charge in [-0.25, -0.2) is 0 Å². The maximum absolute atomic E-state index is 9.69. The van der Waals surface area contributed by atoms with E-state index >= 15 is 0 Å². The van der Waals surface area contributed by atoms with Gasteiger partial charge in [0.05, 0.1) is 0 Å². The van der Waals surface area contributed by atoms with E-state index in [0.29, 0.717) is 6.61 Å². The van der Waals surface area contributed by atoms with Crippen LogP contribution in [-0.2, 0) is 0 Å². The number of likely N-dealkylation sites (tertiary alicyclic amines) is 1. The molecule has 1 aliphatic carbocycles. The van der Waals surface area contributed by atoms with E-state index in [1.165, 1.54) is 64.5 Å². The predicted molar refractivity (Wildman–Crippen MR) is 72.1 cm³/mol. The molecule has 0 spiro atoms. The van der Waals surface area contributed by atoms with E-state index in [1.54, 1.807) is 0 Å². The molecule has 2 fully saturated rings. The first-order valence-corrected chi connectivity index (χ1v) is 7.61. The Morgan fingerprint density at radius 3 is 2.53 bits per heavy atom. The van der Waals surface area contributed by atoms with Crippen LogP contribution in [0.4, 0.5) is 0 Å². The van der Waals surface area contributed by atoms with Crippen molar-refractivity contribution >= 4 is 0 Å². The van der Waals surface area contributed by atoms with Gasteiger partial charge in [0.25, 0.3) is 0 Å². The molecule has 17 heavy (non-hydrogen) atoms. The number of aliphatic hydroxyl groups is 1. The predicted octanol–water partition coefficient (Wildman–Crippen LogP) is 3.05. The third kappa shape index (κ3) is 3.45. The minimum atomic E-state index is 0.256. The van der Waals surface area contributed by atoms with E-state index in [-0.39, 0.29) is 5.41 Å². The van der Waals surface area contributed by atoms with Crippen LogP contribution >= 0.6 is 0 Å². The molecule has 0 aromatic carbocycles. The Bertz CT molecular complexity index is 223. The smallest absolute Gasteiger partial charge is 0.0499 e. The Labute approximate surface area is 106 Å². The van der Waals surface area contributed by atoms with Crippen molar-refractivity contribution in [3.8, 4) is 0 Å². The lowest BCUT2D eigenvalue weighted by Crippen LogP contribution is -2.39. The fourth-order valence-corrected chi connectivity index (χ4v) is 3.76. The fourth-order valence-electron chi connectivity index (χ4n) is 3.76. The molecule has 1 N–H and O–H groups in total. The van der Waals surface area contributed by atoms with Crippen LogP contribution in [0.3, 0.4) is 0 Å². The van der Waals surface area contributed by atoms with E-state index in [1.807, 2.05) is 0 Å². The molecule has 1 saturated heterocycles. The Morgan fingerprint density at radius 1 is 1.12 bits per heavy atom. The highest BCUT2D eigenvalue weighted by molar-refractivity contribution is 4.87. The van der Waals surface area contributed by atoms with E-state index in [0.717, 1.165) is 12.5 Å². The summed E-state index contributed by atoms with van der Waals surface area (Å²) in [5.41, 5.74) is 0.256. The van der Waals surface area contributed by atoms with E-state index in [2.05, 4.69) is 11.8 Å². The molecule has 1 atom stereocenters. The molecule has 2 heteroatoms. The van der Waals surface area contributed by atoms with Crippen LogP contribution in [0.1, 0.15) is 58.3 Å². The van der Waals surface area contributed by atoms with Gasteiger partial charge in [0, 0.05) is 18.6 Å². The molecular formula is C15H29NO. The Balaban J connectivity index is 1.85. The molecular weight excluding hydrogens is 210 g/mol. The van der Waals surface area contributed by atoms with Crippen molar-refractivity contribution in [1.82, 2.24) is 4.90 Å². The lowest BCUT2D eigenvalue weighted by atomic mass is 9.86. The first-order valence-electron chi connectivity index (χ1n) is 7.61. The molecule has 1 heterocycles. The number of rotatable bonds is 4. The molecule has 1 aliphatic heterocycles. The maximum Gasteiger partial charge on any atom is 0.0499 e. The van der Waals surface area contributed by atoms with Crippen LogP contribution in [0, 0.1) is 11.3 Å². The summed E-state index contributed by atoms with van der Waals surface area (Å²) in [6.45, 7) is 6.41. The third-order valence-electron chi connectivity index (χ3n) is 5.08. The number of nitrogens with zero attached hydrogens (tertiary/aromatic N) is 1. The largest absolute Gasteiger partial charge is 0.396 e. The van der Waals surface area contributed by atoms with Gasteiger partial charge in [-0.15, -0.1) is 0 Å². The van der Waals surface area contributed by atoms with Crippen molar-refractivity contribution in [2.75, 3.05) is 26.2 Å². The second-order valence-electron chi connectivity index (χ2n) is 6.35. The number of hydrogen-bond acceptors (Lipinski definition) is 2. The molecule has 0 amide bonds. The van der Waals surface area contributed by atoms with E-state index < -0.39 is 0 Å². The molecule has 0 aromatic rings. The van der Waals surface area contributed by atoms with Gasteiger partial charge in [-0.2, -0.15) is 0 Å². The van der Waals surface area contributed by atoms with Crippen molar-refractivity contribution in [1.29, 1.82) is 0 Å². The molecule has 0 aromatic heterocycles. The van der Waals surface area contributed by atoms with Crippen molar-refractivity contribution in [2.45, 2.75) is 58.3 Å². The number of aliphatic hydroxyl groups excluding tert-OH is 1. The highest BCUT2D eigenvalue weighted by atomic mass is 16.3. The highest BCUT2D eigenvalue weighted by Crippen LogP contribution is 2.38. The molecule has 2 nitrogen and oxygen atoms in total. The van der Waals surface area contributed by atoms with Gasteiger partial charge in [0.2, 0.25) is 0 Å². The third-order valence-corrected chi connectivity index (χ3v) is 5.08. The molecule has 100 valence electrons. The van der Waals surface area contributed by atoms with Gasteiger partial charge in [0.1, 0.15) is 0 Å². The minimum Gasteiger partial charge on any atom is -0.396 e. The summed E-state index contributed by atoms with van der Waals surface area (Å²) in [4.78, 5) is 2.64. The van der Waals surface area contributed by atoms with Crippen LogP contribution in [0.25, 0.3) is 0 Å². The monoisotopic (exact) mass is 239 g/mol. The first kappa shape index (κ1) is 13.4. The summed E-state index contributed by atoms with van der Waals surface area (Å²) in [7, 11) is 0. The zero-order valence-corrected chi connectivity index (χ0v) is 11.5. The van der Waals surface area contributed by atoms with Crippen molar-refractivity contribution in [3.63, 3.8) is 0 Å². The van der Waals surface area contributed by atoms with Crippen LogP contribution in [-0.4, -0.2) is 36.2 Å². The second kappa shape index (κ2) is 6.19. The van der Waals surface area contributed by atoms with E-state index in [4.69, 9.17) is 0 Å². The number of hydrogen-bond donors (Lipinski definition) is 1. The molecule has 1 unspecified atom stereocenters. The molecule has 0 radical (unpaired) electrons. The quantitative estimate of drug-likeness (QED) is 0.815. The van der Waals surface area contributed by atoms with Crippen LogP contribution in [0.5, 0.6) is 0 Å². The SMILES string of the molecule is CCC1CCCN(CC2(CO)CCCC2)CC1. The van der Waals surface area contributed by atoms with E-state index in [9.17, 15) is 5.11 Å². The lowest BCUT2D eigenvalue weighted by Gasteiger charge is -2.33. The van der Waals surface area contributed by atoms with Crippen LogP contribution in [0.15, 0.2) is 0 Å². The summed E-state index contributed by atoms with van der Waals surface area (Å²) in [5, 5.41) is 9.69. The summed E-state index contributed by atoms with van der Waals surface area (Å²) >= 11 is 0. The highest BCUT2D eigenvalue weighted by Gasteiger charge is 2.35. The average Bonchev–Trinajstić information content (AvgIpc) is 2.70. The normalized spacial score (nSPS) is 30.4. The Hall–Kier alpha value is -0.0800. The summed E-state index contributed by atoms with van der Waals surface area (Å²) in [6.07, 6.45) is 10.6.